The van der Waals surface area contributed by atoms with E-state index in [1.165, 1.54) is 6.42 Å². The normalized spacial score (nSPS) is 20.2. The summed E-state index contributed by atoms with van der Waals surface area (Å²) in [6.45, 7) is 4.95. The summed E-state index contributed by atoms with van der Waals surface area (Å²) < 4.78 is 0. The Morgan fingerprint density at radius 1 is 1.38 bits per heavy atom. The number of rotatable bonds is 3. The number of hydrogen-bond acceptors (Lipinski definition) is 1. The third-order valence-corrected chi connectivity index (χ3v) is 2.91. The number of carbonyl (C=O) groups excluding carboxylic acids is 1. The van der Waals surface area contributed by atoms with E-state index in [-0.39, 0.29) is 11.8 Å². The molecule has 0 aliphatic heterocycles. The molecular formula is C11H20NO. The Bertz CT molecular complexity index is 159. The lowest BCUT2D eigenvalue weighted by Crippen LogP contribution is -2.32. The summed E-state index contributed by atoms with van der Waals surface area (Å²) in [7, 11) is 0. The fraction of sp³-hybridized carbons (Fsp3) is 0.818. The lowest BCUT2D eigenvalue weighted by atomic mass is 9.80. The fourth-order valence-electron chi connectivity index (χ4n) is 1.96. The van der Waals surface area contributed by atoms with Crippen molar-refractivity contribution in [3.8, 4) is 0 Å². The Hall–Kier alpha value is -0.530. The zero-order chi connectivity index (χ0) is 9.68. The van der Waals surface area contributed by atoms with E-state index in [9.17, 15) is 4.79 Å². The van der Waals surface area contributed by atoms with Gasteiger partial charge in [-0.2, -0.15) is 0 Å². The number of hydrogen-bond donors (Lipinski definition) is 1. The summed E-state index contributed by atoms with van der Waals surface area (Å²) in [5.74, 6) is 2.19. The Morgan fingerprint density at radius 2 is 2.00 bits per heavy atom. The van der Waals surface area contributed by atoms with Crippen molar-refractivity contribution in [1.29, 1.82) is 0 Å². The van der Waals surface area contributed by atoms with Gasteiger partial charge in [-0.1, -0.05) is 6.92 Å². The van der Waals surface area contributed by atoms with E-state index >= 15 is 0 Å². The van der Waals surface area contributed by atoms with Crippen LogP contribution in [-0.4, -0.2) is 12.5 Å². The van der Waals surface area contributed by atoms with Gasteiger partial charge in [0.2, 0.25) is 5.91 Å². The molecule has 2 heteroatoms. The van der Waals surface area contributed by atoms with Gasteiger partial charge in [-0.25, -0.2) is 0 Å². The van der Waals surface area contributed by atoms with E-state index < -0.39 is 0 Å². The van der Waals surface area contributed by atoms with Crippen LogP contribution < -0.4 is 5.32 Å². The van der Waals surface area contributed by atoms with Crippen LogP contribution in [0.2, 0.25) is 0 Å². The molecule has 0 saturated heterocycles. The van der Waals surface area contributed by atoms with Gasteiger partial charge in [0.15, 0.2) is 0 Å². The lowest BCUT2D eigenvalue weighted by Gasteiger charge is -2.26. The molecule has 1 aliphatic rings. The molecule has 0 spiro atoms. The molecule has 0 aromatic rings. The SMILES string of the molecule is CCNC(=O)C1CC[C](CC)CC1. The van der Waals surface area contributed by atoms with Gasteiger partial charge in [0, 0.05) is 12.5 Å². The molecule has 0 aromatic carbocycles. The standard InChI is InChI=1S/C11H20NO/c1-3-9-5-7-10(8-6-9)11(13)12-4-2/h10H,3-8H2,1-2H3,(H,12,13). The highest BCUT2D eigenvalue weighted by Crippen LogP contribution is 2.31. The van der Waals surface area contributed by atoms with Crippen LogP contribution >= 0.6 is 0 Å². The molecule has 1 saturated carbocycles. The van der Waals surface area contributed by atoms with E-state index in [0.717, 1.165) is 32.2 Å². The van der Waals surface area contributed by atoms with Gasteiger partial charge >= 0.3 is 0 Å². The summed E-state index contributed by atoms with van der Waals surface area (Å²) >= 11 is 0. The number of carbonyl (C=O) groups is 1. The van der Waals surface area contributed by atoms with E-state index in [1.807, 2.05) is 6.92 Å². The summed E-state index contributed by atoms with van der Waals surface area (Å²) in [5.41, 5.74) is 0. The molecule has 1 rings (SSSR count). The molecule has 75 valence electrons. The van der Waals surface area contributed by atoms with Crippen LogP contribution in [0.4, 0.5) is 0 Å². The first kappa shape index (κ1) is 10.6. The van der Waals surface area contributed by atoms with Crippen molar-refractivity contribution in [3.05, 3.63) is 5.92 Å². The van der Waals surface area contributed by atoms with Crippen molar-refractivity contribution < 1.29 is 4.79 Å². The first-order valence-electron chi connectivity index (χ1n) is 5.39. The van der Waals surface area contributed by atoms with Crippen LogP contribution in [0.3, 0.4) is 0 Å². The fourth-order valence-corrected chi connectivity index (χ4v) is 1.96. The van der Waals surface area contributed by atoms with Crippen molar-refractivity contribution >= 4 is 5.91 Å². The zero-order valence-electron chi connectivity index (χ0n) is 8.73. The maximum Gasteiger partial charge on any atom is 0.223 e. The summed E-state index contributed by atoms with van der Waals surface area (Å²) in [6, 6.07) is 0. The van der Waals surface area contributed by atoms with E-state index in [2.05, 4.69) is 12.2 Å². The second-order valence-corrected chi connectivity index (χ2v) is 3.77. The zero-order valence-corrected chi connectivity index (χ0v) is 8.73. The van der Waals surface area contributed by atoms with Crippen molar-refractivity contribution in [3.63, 3.8) is 0 Å². The topological polar surface area (TPSA) is 29.1 Å². The highest BCUT2D eigenvalue weighted by Gasteiger charge is 2.24. The van der Waals surface area contributed by atoms with Gasteiger partial charge in [-0.15, -0.1) is 0 Å². The minimum absolute atomic E-state index is 0.262. The second kappa shape index (κ2) is 5.25. The third-order valence-electron chi connectivity index (χ3n) is 2.91. The van der Waals surface area contributed by atoms with E-state index in [1.54, 1.807) is 5.92 Å². The first-order chi connectivity index (χ1) is 6.27. The average Bonchev–Trinajstić information content (AvgIpc) is 2.18. The van der Waals surface area contributed by atoms with Gasteiger partial charge in [0.05, 0.1) is 0 Å². The monoisotopic (exact) mass is 182 g/mol. The molecule has 0 heterocycles. The van der Waals surface area contributed by atoms with Gasteiger partial charge in [-0.3, -0.25) is 4.79 Å². The predicted octanol–water partition coefficient (Wildman–Crippen LogP) is 2.30. The summed E-state index contributed by atoms with van der Waals surface area (Å²) in [4.78, 5) is 11.5. The van der Waals surface area contributed by atoms with Crippen LogP contribution in [0.25, 0.3) is 0 Å². The van der Waals surface area contributed by atoms with Crippen molar-refractivity contribution in [2.75, 3.05) is 6.54 Å². The molecule has 0 atom stereocenters. The largest absolute Gasteiger partial charge is 0.356 e. The van der Waals surface area contributed by atoms with Crippen LogP contribution in [0.1, 0.15) is 46.0 Å². The van der Waals surface area contributed by atoms with Crippen LogP contribution in [0.5, 0.6) is 0 Å². The second-order valence-electron chi connectivity index (χ2n) is 3.77. The van der Waals surface area contributed by atoms with Crippen molar-refractivity contribution in [1.82, 2.24) is 5.32 Å². The molecule has 1 aliphatic carbocycles. The van der Waals surface area contributed by atoms with Gasteiger partial charge in [0.1, 0.15) is 0 Å². The van der Waals surface area contributed by atoms with Crippen LogP contribution in [0.15, 0.2) is 0 Å². The van der Waals surface area contributed by atoms with E-state index in [0.29, 0.717) is 0 Å². The molecular weight excluding hydrogens is 162 g/mol. The molecule has 1 radical (unpaired) electrons. The molecule has 1 fully saturated rings. The van der Waals surface area contributed by atoms with Crippen LogP contribution in [-0.2, 0) is 4.79 Å². The highest BCUT2D eigenvalue weighted by molar-refractivity contribution is 5.78. The van der Waals surface area contributed by atoms with Gasteiger partial charge in [0.25, 0.3) is 0 Å². The third kappa shape index (κ3) is 3.02. The maximum atomic E-state index is 11.5. The minimum Gasteiger partial charge on any atom is -0.356 e. The lowest BCUT2D eigenvalue weighted by molar-refractivity contribution is -0.125. The summed E-state index contributed by atoms with van der Waals surface area (Å²) in [5, 5.41) is 2.90. The Labute approximate surface area is 81.1 Å². The Morgan fingerprint density at radius 3 is 2.46 bits per heavy atom. The van der Waals surface area contributed by atoms with Crippen molar-refractivity contribution in [2.45, 2.75) is 46.0 Å². The molecule has 1 amide bonds. The average molecular weight is 182 g/mol. The molecule has 13 heavy (non-hydrogen) atoms. The molecule has 0 bridgehead atoms. The molecule has 0 aromatic heterocycles. The van der Waals surface area contributed by atoms with Gasteiger partial charge in [-0.05, 0) is 44.9 Å². The molecule has 0 unspecified atom stereocenters. The molecule has 2 nitrogen and oxygen atoms in total. The van der Waals surface area contributed by atoms with Crippen LogP contribution in [0, 0.1) is 11.8 Å². The molecule has 1 N–H and O–H groups in total. The number of amides is 1. The van der Waals surface area contributed by atoms with E-state index in [4.69, 9.17) is 0 Å². The van der Waals surface area contributed by atoms with Gasteiger partial charge < -0.3 is 5.32 Å². The quantitative estimate of drug-likeness (QED) is 0.713. The number of nitrogens with one attached hydrogen (secondary N) is 1. The predicted molar refractivity (Wildman–Crippen MR) is 54.2 cm³/mol. The first-order valence-corrected chi connectivity index (χ1v) is 5.39. The maximum absolute atomic E-state index is 11.5. The highest BCUT2D eigenvalue weighted by atomic mass is 16.1. The smallest absolute Gasteiger partial charge is 0.223 e. The minimum atomic E-state index is 0.262. The Balaban J connectivity index is 2.28. The van der Waals surface area contributed by atoms with Crippen molar-refractivity contribution in [2.24, 2.45) is 5.92 Å². The Kier molecular flexibility index (Phi) is 4.26. The summed E-state index contributed by atoms with van der Waals surface area (Å²) in [6.07, 6.45) is 5.66.